The lowest BCUT2D eigenvalue weighted by Gasteiger charge is -2.16. The molecule has 0 radical (unpaired) electrons. The van der Waals surface area contributed by atoms with E-state index in [0.717, 1.165) is 45.8 Å². The second-order valence-corrected chi connectivity index (χ2v) is 5.13. The topological polar surface area (TPSA) is 103 Å². The van der Waals surface area contributed by atoms with E-state index in [1.165, 1.54) is 0 Å². The minimum atomic E-state index is 0.109. The third-order valence-electron chi connectivity index (χ3n) is 3.39. The maximum atomic E-state index is 11.6. The number of amides is 1. The number of nitrogens with two attached hydrogens (primary N) is 1. The third kappa shape index (κ3) is 7.16. The van der Waals surface area contributed by atoms with Crippen LogP contribution in [0.2, 0.25) is 0 Å². The third-order valence-corrected chi connectivity index (χ3v) is 3.39. The molecule has 0 saturated carbocycles. The molecule has 1 aliphatic rings. The fourth-order valence-corrected chi connectivity index (χ4v) is 2.24. The summed E-state index contributed by atoms with van der Waals surface area (Å²) < 4.78 is 0. The molecular weight excluding hydrogens is 258 g/mol. The molecule has 1 unspecified atom stereocenters. The molecule has 0 aromatic carbocycles. The number of nitrogens with zero attached hydrogens (tertiary/aromatic N) is 1. The Morgan fingerprint density at radius 2 is 1.70 bits per heavy atom. The van der Waals surface area contributed by atoms with Gasteiger partial charge < -0.3 is 31.7 Å². The smallest absolute Gasteiger partial charge is 0.223 e. The molecule has 1 rings (SSSR count). The Morgan fingerprint density at radius 1 is 1.10 bits per heavy atom. The van der Waals surface area contributed by atoms with Crippen molar-refractivity contribution >= 4 is 5.91 Å². The van der Waals surface area contributed by atoms with E-state index in [-0.39, 0.29) is 18.4 Å². The Kier molecular flexibility index (Phi) is 9.52. The number of hydrogen-bond acceptors (Lipinski definition) is 6. The standard InChI is InChI=1S/C13H29N5O2/c14-1-2-15-3-4-16-5-6-17-7-8-18-10-12(11-19)9-13(18)20/h12,15-17,19H,1-11,14H2. The monoisotopic (exact) mass is 287 g/mol. The first-order chi connectivity index (χ1) is 9.77. The normalized spacial score (nSPS) is 19.0. The lowest BCUT2D eigenvalue weighted by molar-refractivity contribution is -0.127. The van der Waals surface area contributed by atoms with Gasteiger partial charge in [0.15, 0.2) is 0 Å². The van der Waals surface area contributed by atoms with Crippen molar-refractivity contribution in [3.63, 3.8) is 0 Å². The number of carbonyl (C=O) groups is 1. The molecule has 0 aliphatic carbocycles. The molecule has 0 aromatic heterocycles. The van der Waals surface area contributed by atoms with Crippen LogP contribution in [0.4, 0.5) is 0 Å². The minimum absolute atomic E-state index is 0.109. The van der Waals surface area contributed by atoms with Gasteiger partial charge in [-0.1, -0.05) is 0 Å². The molecule has 7 heteroatoms. The van der Waals surface area contributed by atoms with Crippen LogP contribution in [0, 0.1) is 5.92 Å². The SMILES string of the molecule is NCCNCCNCCNCCN1CC(CO)CC1=O. The van der Waals surface area contributed by atoms with E-state index < -0.39 is 0 Å². The summed E-state index contributed by atoms with van der Waals surface area (Å²) in [4.78, 5) is 13.4. The van der Waals surface area contributed by atoms with Crippen molar-refractivity contribution in [1.29, 1.82) is 0 Å². The van der Waals surface area contributed by atoms with Gasteiger partial charge >= 0.3 is 0 Å². The lowest BCUT2D eigenvalue weighted by Crippen LogP contribution is -2.37. The Hall–Kier alpha value is -0.730. The van der Waals surface area contributed by atoms with Crippen molar-refractivity contribution in [1.82, 2.24) is 20.9 Å². The Balaban J connectivity index is 1.86. The molecule has 1 amide bonds. The summed E-state index contributed by atoms with van der Waals surface area (Å²) in [6.07, 6.45) is 0.494. The van der Waals surface area contributed by atoms with E-state index in [1.54, 1.807) is 0 Å². The zero-order chi connectivity index (χ0) is 14.6. The molecule has 6 N–H and O–H groups in total. The molecule has 1 aliphatic heterocycles. The van der Waals surface area contributed by atoms with E-state index in [9.17, 15) is 4.79 Å². The van der Waals surface area contributed by atoms with Crippen molar-refractivity contribution < 1.29 is 9.90 Å². The van der Waals surface area contributed by atoms with Crippen LogP contribution >= 0.6 is 0 Å². The number of hydrogen-bond donors (Lipinski definition) is 5. The van der Waals surface area contributed by atoms with Crippen LogP contribution in [0.25, 0.3) is 0 Å². The Labute approximate surface area is 121 Å². The van der Waals surface area contributed by atoms with Crippen molar-refractivity contribution in [2.45, 2.75) is 6.42 Å². The van der Waals surface area contributed by atoms with Crippen LogP contribution in [0.3, 0.4) is 0 Å². The molecular formula is C13H29N5O2. The predicted molar refractivity (Wildman–Crippen MR) is 79.4 cm³/mol. The first kappa shape index (κ1) is 17.3. The fraction of sp³-hybridized carbons (Fsp3) is 0.923. The van der Waals surface area contributed by atoms with Gasteiger partial charge in [0.25, 0.3) is 0 Å². The molecule has 118 valence electrons. The Bertz CT molecular complexity index is 265. The molecule has 0 aromatic rings. The second-order valence-electron chi connectivity index (χ2n) is 5.13. The largest absolute Gasteiger partial charge is 0.396 e. The zero-order valence-corrected chi connectivity index (χ0v) is 12.2. The van der Waals surface area contributed by atoms with Crippen LogP contribution in [0.5, 0.6) is 0 Å². The lowest BCUT2D eigenvalue weighted by atomic mass is 10.1. The summed E-state index contributed by atoms with van der Waals surface area (Å²) in [7, 11) is 0. The van der Waals surface area contributed by atoms with E-state index >= 15 is 0 Å². The summed E-state index contributed by atoms with van der Waals surface area (Å²) in [5.41, 5.74) is 5.37. The maximum absolute atomic E-state index is 11.6. The van der Waals surface area contributed by atoms with Gasteiger partial charge in [0, 0.05) is 77.8 Å². The molecule has 1 heterocycles. The highest BCUT2D eigenvalue weighted by Crippen LogP contribution is 2.15. The van der Waals surface area contributed by atoms with E-state index in [4.69, 9.17) is 10.8 Å². The first-order valence-electron chi connectivity index (χ1n) is 7.48. The van der Waals surface area contributed by atoms with Crippen molar-refractivity contribution in [2.75, 3.05) is 65.5 Å². The van der Waals surface area contributed by atoms with Crippen LogP contribution in [0.1, 0.15) is 6.42 Å². The number of aliphatic hydroxyl groups is 1. The van der Waals surface area contributed by atoms with E-state index in [2.05, 4.69) is 16.0 Å². The number of rotatable bonds is 12. The van der Waals surface area contributed by atoms with Crippen molar-refractivity contribution in [3.05, 3.63) is 0 Å². The van der Waals surface area contributed by atoms with Crippen LogP contribution in [-0.2, 0) is 4.79 Å². The number of nitrogens with one attached hydrogen (secondary N) is 3. The predicted octanol–water partition coefficient (Wildman–Crippen LogP) is -2.45. The van der Waals surface area contributed by atoms with E-state index in [0.29, 0.717) is 19.5 Å². The zero-order valence-electron chi connectivity index (χ0n) is 12.2. The van der Waals surface area contributed by atoms with Gasteiger partial charge in [-0.3, -0.25) is 4.79 Å². The first-order valence-corrected chi connectivity index (χ1v) is 7.48. The van der Waals surface area contributed by atoms with Gasteiger partial charge in [-0.05, 0) is 0 Å². The molecule has 1 fully saturated rings. The van der Waals surface area contributed by atoms with Gasteiger partial charge in [0.05, 0.1) is 0 Å². The van der Waals surface area contributed by atoms with Gasteiger partial charge in [0.2, 0.25) is 5.91 Å². The Morgan fingerprint density at radius 3 is 2.25 bits per heavy atom. The highest BCUT2D eigenvalue weighted by Gasteiger charge is 2.28. The minimum Gasteiger partial charge on any atom is -0.396 e. The van der Waals surface area contributed by atoms with Gasteiger partial charge in [0.1, 0.15) is 0 Å². The quantitative estimate of drug-likeness (QED) is 0.256. The van der Waals surface area contributed by atoms with Crippen LogP contribution in [-0.4, -0.2) is 81.4 Å². The summed E-state index contributed by atoms with van der Waals surface area (Å²) in [6, 6.07) is 0. The molecule has 0 bridgehead atoms. The highest BCUT2D eigenvalue weighted by molar-refractivity contribution is 5.78. The average molecular weight is 287 g/mol. The van der Waals surface area contributed by atoms with Gasteiger partial charge in [-0.2, -0.15) is 0 Å². The summed E-state index contributed by atoms with van der Waals surface area (Å²) >= 11 is 0. The van der Waals surface area contributed by atoms with Crippen LogP contribution in [0.15, 0.2) is 0 Å². The van der Waals surface area contributed by atoms with E-state index in [1.807, 2.05) is 4.90 Å². The maximum Gasteiger partial charge on any atom is 0.223 e. The molecule has 1 atom stereocenters. The van der Waals surface area contributed by atoms with Crippen LogP contribution < -0.4 is 21.7 Å². The van der Waals surface area contributed by atoms with Gasteiger partial charge in [-0.15, -0.1) is 0 Å². The number of likely N-dealkylation sites (tertiary alicyclic amines) is 1. The molecule has 0 spiro atoms. The number of carbonyl (C=O) groups excluding carboxylic acids is 1. The number of aliphatic hydroxyl groups excluding tert-OH is 1. The fourth-order valence-electron chi connectivity index (χ4n) is 2.24. The van der Waals surface area contributed by atoms with Gasteiger partial charge in [-0.25, -0.2) is 0 Å². The van der Waals surface area contributed by atoms with Crippen molar-refractivity contribution in [3.8, 4) is 0 Å². The van der Waals surface area contributed by atoms with Crippen molar-refractivity contribution in [2.24, 2.45) is 11.7 Å². The molecule has 1 saturated heterocycles. The molecule has 7 nitrogen and oxygen atoms in total. The molecule has 20 heavy (non-hydrogen) atoms. The summed E-state index contributed by atoms with van der Waals surface area (Å²) in [5.74, 6) is 0.292. The highest BCUT2D eigenvalue weighted by atomic mass is 16.3. The summed E-state index contributed by atoms with van der Waals surface area (Å²) in [5, 5.41) is 18.9. The second kappa shape index (κ2) is 11.0. The average Bonchev–Trinajstić information content (AvgIpc) is 2.81. The summed E-state index contributed by atoms with van der Waals surface area (Å²) in [6.45, 7) is 7.54.